The van der Waals surface area contributed by atoms with Crippen molar-refractivity contribution in [2.45, 2.75) is 0 Å². The van der Waals surface area contributed by atoms with Crippen LogP contribution in [0.3, 0.4) is 0 Å². The van der Waals surface area contributed by atoms with Crippen LogP contribution < -0.4 is 0 Å². The average Bonchev–Trinajstić information content (AvgIpc) is 2.46. The molecule has 13 heavy (non-hydrogen) atoms. The number of rotatable bonds is 0. The topological polar surface area (TPSA) is 23.8 Å². The van der Waals surface area contributed by atoms with Crippen molar-refractivity contribution < 1.29 is 0 Å². The van der Waals surface area contributed by atoms with Crippen molar-refractivity contribution in [1.29, 1.82) is 5.26 Å². The van der Waals surface area contributed by atoms with E-state index < -0.39 is 0 Å². The summed E-state index contributed by atoms with van der Waals surface area (Å²) >= 11 is 10.7. The van der Waals surface area contributed by atoms with Gasteiger partial charge in [-0.05, 0) is 18.2 Å². The van der Waals surface area contributed by atoms with Crippen molar-refractivity contribution in [1.82, 2.24) is 0 Å². The first kappa shape index (κ1) is 9.01. The Bertz CT molecular complexity index is 512. The number of nitrogens with zero attached hydrogens (tertiary/aromatic N) is 1. The minimum atomic E-state index is 0.651. The molecule has 1 aromatic heterocycles. The van der Waals surface area contributed by atoms with Crippen LogP contribution >= 0.6 is 38.9 Å². The van der Waals surface area contributed by atoms with Gasteiger partial charge in [-0.25, -0.2) is 0 Å². The van der Waals surface area contributed by atoms with Gasteiger partial charge < -0.3 is 0 Å². The summed E-state index contributed by atoms with van der Waals surface area (Å²) < 4.78 is 2.70. The third-order valence-electron chi connectivity index (χ3n) is 1.69. The van der Waals surface area contributed by atoms with E-state index in [1.807, 2.05) is 12.1 Å². The van der Waals surface area contributed by atoms with E-state index in [-0.39, 0.29) is 0 Å². The third-order valence-corrected chi connectivity index (χ3v) is 3.55. The van der Waals surface area contributed by atoms with Crippen LogP contribution in [0.1, 0.15) is 5.56 Å². The molecular weight excluding hydrogens is 270 g/mol. The van der Waals surface area contributed by atoms with E-state index in [1.165, 1.54) is 11.3 Å². The zero-order valence-electron chi connectivity index (χ0n) is 6.34. The molecule has 0 fully saturated rings. The summed E-state index contributed by atoms with van der Waals surface area (Å²) in [4.78, 5) is 0. The monoisotopic (exact) mass is 271 g/mol. The molecule has 0 spiro atoms. The van der Waals surface area contributed by atoms with Crippen LogP contribution in [0.2, 0.25) is 4.34 Å². The predicted octanol–water partition coefficient (Wildman–Crippen LogP) is 4.19. The second-order valence-corrected chi connectivity index (χ2v) is 5.10. The largest absolute Gasteiger partial charge is 0.192 e. The Labute approximate surface area is 92.7 Å². The van der Waals surface area contributed by atoms with E-state index >= 15 is 0 Å². The molecule has 0 N–H and O–H groups in total. The van der Waals surface area contributed by atoms with Gasteiger partial charge in [-0.3, -0.25) is 0 Å². The molecular formula is C9H3BrClNS. The van der Waals surface area contributed by atoms with E-state index in [2.05, 4.69) is 22.0 Å². The second-order valence-electron chi connectivity index (χ2n) is 2.53. The summed E-state index contributed by atoms with van der Waals surface area (Å²) in [6, 6.07) is 7.64. The van der Waals surface area contributed by atoms with Crippen LogP contribution in [0.5, 0.6) is 0 Å². The fraction of sp³-hybridized carbons (Fsp3) is 0. The van der Waals surface area contributed by atoms with Gasteiger partial charge in [0, 0.05) is 14.6 Å². The number of nitriles is 1. The lowest BCUT2D eigenvalue weighted by Crippen LogP contribution is -1.73. The molecule has 0 atom stereocenters. The Morgan fingerprint density at radius 3 is 2.85 bits per heavy atom. The fourth-order valence-electron chi connectivity index (χ4n) is 1.13. The van der Waals surface area contributed by atoms with Crippen molar-refractivity contribution in [2.75, 3.05) is 0 Å². The third kappa shape index (κ3) is 1.58. The van der Waals surface area contributed by atoms with E-state index in [4.69, 9.17) is 16.9 Å². The zero-order chi connectivity index (χ0) is 9.42. The van der Waals surface area contributed by atoms with Gasteiger partial charge in [-0.15, -0.1) is 11.3 Å². The highest BCUT2D eigenvalue weighted by atomic mass is 79.9. The van der Waals surface area contributed by atoms with Gasteiger partial charge in [0.15, 0.2) is 0 Å². The Morgan fingerprint density at radius 2 is 2.15 bits per heavy atom. The maximum absolute atomic E-state index is 8.73. The Morgan fingerprint density at radius 1 is 1.38 bits per heavy atom. The molecule has 2 rings (SSSR count). The second kappa shape index (κ2) is 3.30. The molecule has 0 bridgehead atoms. The summed E-state index contributed by atoms with van der Waals surface area (Å²) in [7, 11) is 0. The number of benzene rings is 1. The van der Waals surface area contributed by atoms with Crippen LogP contribution in [-0.2, 0) is 0 Å². The first-order valence-corrected chi connectivity index (χ1v) is 5.48. The quantitative estimate of drug-likeness (QED) is 0.705. The molecule has 0 radical (unpaired) electrons. The standard InChI is InChI=1S/C9H3BrClNS/c10-7-1-5(4-12)2-8-6(7)3-9(11)13-8/h1-3H. The first-order chi connectivity index (χ1) is 6.20. The number of hydrogen-bond acceptors (Lipinski definition) is 2. The maximum Gasteiger partial charge on any atom is 0.0992 e. The lowest BCUT2D eigenvalue weighted by molar-refractivity contribution is 1.49. The zero-order valence-corrected chi connectivity index (χ0v) is 9.50. The minimum Gasteiger partial charge on any atom is -0.192 e. The maximum atomic E-state index is 8.73. The molecule has 0 unspecified atom stereocenters. The van der Waals surface area contributed by atoms with Crippen LogP contribution in [0.25, 0.3) is 10.1 Å². The number of halogens is 2. The molecule has 0 saturated carbocycles. The highest BCUT2D eigenvalue weighted by Crippen LogP contribution is 2.34. The van der Waals surface area contributed by atoms with E-state index in [0.717, 1.165) is 18.9 Å². The van der Waals surface area contributed by atoms with E-state index in [1.54, 1.807) is 6.07 Å². The van der Waals surface area contributed by atoms with Gasteiger partial charge in [0.1, 0.15) is 0 Å². The summed E-state index contributed by atoms with van der Waals surface area (Å²) in [6.07, 6.45) is 0. The van der Waals surface area contributed by atoms with Crippen molar-refractivity contribution in [2.24, 2.45) is 0 Å². The van der Waals surface area contributed by atoms with E-state index in [0.29, 0.717) is 5.56 Å². The van der Waals surface area contributed by atoms with Gasteiger partial charge in [-0.2, -0.15) is 5.26 Å². The molecule has 1 nitrogen and oxygen atoms in total. The molecule has 2 aromatic rings. The molecule has 0 aliphatic rings. The van der Waals surface area contributed by atoms with Crippen molar-refractivity contribution in [3.05, 3.63) is 32.6 Å². The van der Waals surface area contributed by atoms with Crippen LogP contribution in [0.4, 0.5) is 0 Å². The normalized spacial score (nSPS) is 10.2. The van der Waals surface area contributed by atoms with Crippen LogP contribution in [0.15, 0.2) is 22.7 Å². The lowest BCUT2D eigenvalue weighted by Gasteiger charge is -1.93. The average molecular weight is 273 g/mol. The fourth-order valence-corrected chi connectivity index (χ4v) is 3.05. The smallest absolute Gasteiger partial charge is 0.0992 e. The van der Waals surface area contributed by atoms with Gasteiger partial charge in [0.2, 0.25) is 0 Å². The van der Waals surface area contributed by atoms with Gasteiger partial charge >= 0.3 is 0 Å². The molecule has 64 valence electrons. The van der Waals surface area contributed by atoms with Crippen molar-refractivity contribution >= 4 is 49.0 Å². The number of thiophene rings is 1. The summed E-state index contributed by atoms with van der Waals surface area (Å²) in [6.45, 7) is 0. The molecule has 4 heteroatoms. The first-order valence-electron chi connectivity index (χ1n) is 3.49. The summed E-state index contributed by atoms with van der Waals surface area (Å²) in [5.74, 6) is 0. The molecule has 0 aliphatic heterocycles. The summed E-state index contributed by atoms with van der Waals surface area (Å²) in [5.41, 5.74) is 0.651. The lowest BCUT2D eigenvalue weighted by atomic mass is 10.2. The Hall–Kier alpha value is -0.560. The van der Waals surface area contributed by atoms with Crippen molar-refractivity contribution in [3.8, 4) is 6.07 Å². The van der Waals surface area contributed by atoms with Crippen molar-refractivity contribution in [3.63, 3.8) is 0 Å². The van der Waals surface area contributed by atoms with Crippen LogP contribution in [-0.4, -0.2) is 0 Å². The number of fused-ring (bicyclic) bond motifs is 1. The molecule has 0 amide bonds. The number of hydrogen-bond donors (Lipinski definition) is 0. The predicted molar refractivity (Wildman–Crippen MR) is 59.3 cm³/mol. The molecule has 1 heterocycles. The molecule has 1 aromatic carbocycles. The SMILES string of the molecule is N#Cc1cc(Br)c2cc(Cl)sc2c1. The van der Waals surface area contributed by atoms with Gasteiger partial charge in [0.25, 0.3) is 0 Å². The highest BCUT2D eigenvalue weighted by Gasteiger charge is 2.05. The highest BCUT2D eigenvalue weighted by molar-refractivity contribution is 9.10. The van der Waals surface area contributed by atoms with Gasteiger partial charge in [-0.1, -0.05) is 27.5 Å². The Balaban J connectivity index is 2.85. The van der Waals surface area contributed by atoms with E-state index in [9.17, 15) is 0 Å². The van der Waals surface area contributed by atoms with Gasteiger partial charge in [0.05, 0.1) is 16.0 Å². The minimum absolute atomic E-state index is 0.651. The molecule has 0 saturated heterocycles. The molecule has 0 aliphatic carbocycles. The Kier molecular flexibility index (Phi) is 2.29. The van der Waals surface area contributed by atoms with Crippen LogP contribution in [0, 0.1) is 11.3 Å². The summed E-state index contributed by atoms with van der Waals surface area (Å²) in [5, 5.41) is 9.79.